The number of nitrogens with zero attached hydrogens (tertiary/aromatic N) is 1. The summed E-state index contributed by atoms with van der Waals surface area (Å²) in [5.74, 6) is 0.428. The van der Waals surface area contributed by atoms with E-state index in [1.54, 1.807) is 29.4 Å². The first-order chi connectivity index (χ1) is 12.0. The molecule has 0 spiro atoms. The molecule has 1 amide bonds. The normalized spacial score (nSPS) is 10.8. The number of hydrogen-bond acceptors (Lipinski definition) is 5. The lowest BCUT2D eigenvalue weighted by Gasteiger charge is -2.17. The standard InChI is InChI=1S/C19H19NO4S/c1-12-9-18(22)24-19-13(2)16(7-6-15(12)19)23-11-17(21)20(3)10-14-5-4-8-25-14/h4-9H,10-11H2,1-3H3. The molecule has 0 saturated carbocycles. The van der Waals surface area contributed by atoms with Crippen molar-refractivity contribution in [3.8, 4) is 5.75 Å². The summed E-state index contributed by atoms with van der Waals surface area (Å²) < 4.78 is 11.0. The van der Waals surface area contributed by atoms with Gasteiger partial charge in [-0.05, 0) is 43.0 Å². The Morgan fingerprint density at radius 2 is 2.08 bits per heavy atom. The summed E-state index contributed by atoms with van der Waals surface area (Å²) in [5, 5.41) is 2.85. The van der Waals surface area contributed by atoms with Gasteiger partial charge in [0.2, 0.25) is 0 Å². The number of carbonyl (C=O) groups is 1. The third kappa shape index (κ3) is 3.74. The van der Waals surface area contributed by atoms with E-state index in [1.807, 2.05) is 37.4 Å². The van der Waals surface area contributed by atoms with Crippen LogP contribution in [0, 0.1) is 13.8 Å². The molecule has 25 heavy (non-hydrogen) atoms. The van der Waals surface area contributed by atoms with Crippen molar-refractivity contribution in [2.75, 3.05) is 13.7 Å². The van der Waals surface area contributed by atoms with Gasteiger partial charge in [0.1, 0.15) is 11.3 Å². The highest BCUT2D eigenvalue weighted by molar-refractivity contribution is 7.09. The quantitative estimate of drug-likeness (QED) is 0.656. The fourth-order valence-electron chi connectivity index (χ4n) is 2.63. The molecule has 0 N–H and O–H groups in total. The van der Waals surface area contributed by atoms with Gasteiger partial charge in [0.25, 0.3) is 5.91 Å². The van der Waals surface area contributed by atoms with Crippen LogP contribution in [0.4, 0.5) is 0 Å². The van der Waals surface area contributed by atoms with Crippen LogP contribution in [-0.2, 0) is 11.3 Å². The number of benzene rings is 1. The molecule has 0 saturated heterocycles. The van der Waals surface area contributed by atoms with Crippen molar-refractivity contribution in [1.29, 1.82) is 0 Å². The van der Waals surface area contributed by atoms with Crippen molar-refractivity contribution in [2.24, 2.45) is 0 Å². The summed E-state index contributed by atoms with van der Waals surface area (Å²) >= 11 is 1.61. The average molecular weight is 357 g/mol. The van der Waals surface area contributed by atoms with Crippen molar-refractivity contribution < 1.29 is 13.9 Å². The van der Waals surface area contributed by atoms with E-state index in [0.717, 1.165) is 15.8 Å². The Kier molecular flexibility index (Phi) is 4.90. The van der Waals surface area contributed by atoms with E-state index in [9.17, 15) is 9.59 Å². The van der Waals surface area contributed by atoms with Crippen molar-refractivity contribution in [2.45, 2.75) is 20.4 Å². The number of rotatable bonds is 5. The molecule has 3 rings (SSSR count). The molecule has 5 nitrogen and oxygen atoms in total. The Labute approximate surface area is 149 Å². The van der Waals surface area contributed by atoms with Crippen molar-refractivity contribution >= 4 is 28.2 Å². The number of thiophene rings is 1. The maximum absolute atomic E-state index is 12.3. The summed E-state index contributed by atoms with van der Waals surface area (Å²) in [6, 6.07) is 9.06. The predicted octanol–water partition coefficient (Wildman–Crippen LogP) is 3.51. The molecule has 0 unspecified atom stereocenters. The highest BCUT2D eigenvalue weighted by Crippen LogP contribution is 2.28. The van der Waals surface area contributed by atoms with E-state index in [0.29, 0.717) is 23.4 Å². The fraction of sp³-hybridized carbons (Fsp3) is 0.263. The number of carbonyl (C=O) groups excluding carboxylic acids is 1. The van der Waals surface area contributed by atoms with Crippen LogP contribution in [0.3, 0.4) is 0 Å². The second kappa shape index (κ2) is 7.11. The average Bonchev–Trinajstić information content (AvgIpc) is 3.07. The third-order valence-corrected chi connectivity index (χ3v) is 4.93. The molecule has 3 aromatic rings. The van der Waals surface area contributed by atoms with E-state index >= 15 is 0 Å². The molecule has 0 fully saturated rings. The van der Waals surface area contributed by atoms with E-state index in [4.69, 9.17) is 9.15 Å². The molecule has 6 heteroatoms. The Bertz CT molecular complexity index is 959. The molecule has 2 heterocycles. The smallest absolute Gasteiger partial charge is 0.336 e. The van der Waals surface area contributed by atoms with Crippen LogP contribution < -0.4 is 10.4 Å². The zero-order valence-corrected chi connectivity index (χ0v) is 15.2. The van der Waals surface area contributed by atoms with Gasteiger partial charge in [0.05, 0.1) is 6.54 Å². The van der Waals surface area contributed by atoms with Crippen LogP contribution in [0.15, 0.2) is 44.9 Å². The Morgan fingerprint density at radius 3 is 2.80 bits per heavy atom. The van der Waals surface area contributed by atoms with Crippen molar-refractivity contribution in [1.82, 2.24) is 4.90 Å². The van der Waals surface area contributed by atoms with Crippen LogP contribution in [0.25, 0.3) is 11.0 Å². The number of likely N-dealkylation sites (N-methyl/N-ethyl adjacent to an activating group) is 1. The second-order valence-electron chi connectivity index (χ2n) is 5.93. The van der Waals surface area contributed by atoms with Gasteiger partial charge in [-0.2, -0.15) is 0 Å². The van der Waals surface area contributed by atoms with Gasteiger partial charge in [-0.15, -0.1) is 11.3 Å². The van der Waals surface area contributed by atoms with Gasteiger partial charge in [-0.1, -0.05) is 6.07 Å². The number of amides is 1. The largest absolute Gasteiger partial charge is 0.483 e. The topological polar surface area (TPSA) is 59.8 Å². The summed E-state index contributed by atoms with van der Waals surface area (Å²) in [6.07, 6.45) is 0. The summed E-state index contributed by atoms with van der Waals surface area (Å²) in [4.78, 5) is 26.6. The fourth-order valence-corrected chi connectivity index (χ4v) is 3.39. The first-order valence-corrected chi connectivity index (χ1v) is 8.77. The second-order valence-corrected chi connectivity index (χ2v) is 6.96. The first-order valence-electron chi connectivity index (χ1n) is 7.89. The molecule has 0 aliphatic heterocycles. The lowest BCUT2D eigenvalue weighted by molar-refractivity contribution is -0.132. The van der Waals surface area contributed by atoms with Gasteiger partial charge in [0, 0.05) is 28.9 Å². The summed E-state index contributed by atoms with van der Waals surface area (Å²) in [5.41, 5.74) is 1.68. The van der Waals surface area contributed by atoms with Crippen LogP contribution in [0.1, 0.15) is 16.0 Å². The molecular weight excluding hydrogens is 338 g/mol. The number of hydrogen-bond donors (Lipinski definition) is 0. The van der Waals surface area contributed by atoms with Gasteiger partial charge >= 0.3 is 5.63 Å². The minimum atomic E-state index is -0.392. The van der Waals surface area contributed by atoms with E-state index in [2.05, 4.69) is 0 Å². The van der Waals surface area contributed by atoms with E-state index in [-0.39, 0.29) is 12.5 Å². The molecular formula is C19H19NO4S. The third-order valence-electron chi connectivity index (χ3n) is 4.07. The predicted molar refractivity (Wildman–Crippen MR) is 98.2 cm³/mol. The number of ether oxygens (including phenoxy) is 1. The van der Waals surface area contributed by atoms with Gasteiger partial charge in [-0.3, -0.25) is 4.79 Å². The van der Waals surface area contributed by atoms with Crippen LogP contribution in [-0.4, -0.2) is 24.5 Å². The van der Waals surface area contributed by atoms with Gasteiger partial charge in [0.15, 0.2) is 6.61 Å². The maximum atomic E-state index is 12.3. The van der Waals surface area contributed by atoms with Crippen LogP contribution >= 0.6 is 11.3 Å². The summed E-state index contributed by atoms with van der Waals surface area (Å²) in [7, 11) is 1.75. The highest BCUT2D eigenvalue weighted by atomic mass is 32.1. The van der Waals surface area contributed by atoms with Crippen molar-refractivity contribution in [3.63, 3.8) is 0 Å². The molecule has 0 radical (unpaired) electrons. The zero-order chi connectivity index (χ0) is 18.0. The van der Waals surface area contributed by atoms with E-state index < -0.39 is 5.63 Å². The molecule has 2 aromatic heterocycles. The first kappa shape index (κ1) is 17.2. The van der Waals surface area contributed by atoms with Crippen LogP contribution in [0.5, 0.6) is 5.75 Å². The molecule has 1 aromatic carbocycles. The van der Waals surface area contributed by atoms with Crippen LogP contribution in [0.2, 0.25) is 0 Å². The zero-order valence-electron chi connectivity index (χ0n) is 14.4. The molecule has 0 bridgehead atoms. The minimum Gasteiger partial charge on any atom is -0.483 e. The number of aryl methyl sites for hydroxylation is 2. The van der Waals surface area contributed by atoms with Crippen molar-refractivity contribution in [3.05, 3.63) is 62.1 Å². The lowest BCUT2D eigenvalue weighted by Crippen LogP contribution is -2.30. The summed E-state index contributed by atoms with van der Waals surface area (Å²) in [6.45, 7) is 4.18. The Morgan fingerprint density at radius 1 is 1.28 bits per heavy atom. The Hall–Kier alpha value is -2.60. The van der Waals surface area contributed by atoms with Gasteiger partial charge < -0.3 is 14.1 Å². The van der Waals surface area contributed by atoms with E-state index in [1.165, 1.54) is 6.07 Å². The minimum absolute atomic E-state index is 0.0652. The molecule has 0 aliphatic carbocycles. The maximum Gasteiger partial charge on any atom is 0.336 e. The SMILES string of the molecule is Cc1cc(=O)oc2c(C)c(OCC(=O)N(C)Cc3cccs3)ccc12. The highest BCUT2D eigenvalue weighted by Gasteiger charge is 2.14. The molecule has 130 valence electrons. The molecule has 0 atom stereocenters. The monoisotopic (exact) mass is 357 g/mol. The number of fused-ring (bicyclic) bond motifs is 1. The molecule has 0 aliphatic rings. The van der Waals surface area contributed by atoms with Gasteiger partial charge in [-0.25, -0.2) is 4.79 Å². The lowest BCUT2D eigenvalue weighted by atomic mass is 10.1. The Balaban J connectivity index is 1.73.